The van der Waals surface area contributed by atoms with Gasteiger partial charge in [0.2, 0.25) is 0 Å². The Labute approximate surface area is 342 Å². The maximum Gasteiger partial charge on any atom is 0.473 e. The van der Waals surface area contributed by atoms with Gasteiger partial charge in [0.25, 0.3) is 0 Å². The molecule has 0 amide bonds. The first-order valence-corrected chi connectivity index (χ1v) is 26.0. The monoisotopic (exact) mass is 914 g/mol. The van der Waals surface area contributed by atoms with Crippen LogP contribution in [0.2, 0.25) is 0 Å². The topological polar surface area (TPSA) is 251 Å². The lowest BCUT2D eigenvalue weighted by molar-refractivity contribution is -0.0576. The van der Waals surface area contributed by atoms with Crippen LogP contribution < -0.4 is 0 Å². The summed E-state index contributed by atoms with van der Waals surface area (Å²) in [5.41, 5.74) is -0.998. The zero-order chi connectivity index (χ0) is 43.6. The highest BCUT2D eigenvalue weighted by Gasteiger charge is 2.49. The fourth-order valence-corrected chi connectivity index (χ4v) is 12.4. The average Bonchev–Trinajstić information content (AvgIpc) is 3.80. The number of rotatable bonds is 20. The molecular weight excluding hydrogens is 848 g/mol. The predicted octanol–water partition coefficient (Wildman–Crippen LogP) is 6.81. The second kappa shape index (κ2) is 19.8. The number of phosphoric ester groups is 3. The third-order valence-electron chi connectivity index (χ3n) is 10.2. The molecule has 0 aromatic heterocycles. The quantitative estimate of drug-likeness (QED) is 0.0723. The molecule has 0 aromatic carbocycles. The molecule has 58 heavy (non-hydrogen) atoms. The fraction of sp³-hybridized carbons (Fsp3) is 0.943. The predicted molar refractivity (Wildman–Crippen MR) is 210 cm³/mol. The SMILES string of the molecule is C=CC(OP(=O)(O)OC1C[C@H](C)O[C@@H]1COP(=O)(O)OC1C[C@H](C)O[C@@H]1CCP(=O)(O)OC(C)(C)C)[C@H]1O[C@@H](C)CC1OP(=O)(O)OC[C@H]1O[C@@H](C)CC1C(C)(C)C. The van der Waals surface area contributed by atoms with Crippen molar-refractivity contribution in [2.24, 2.45) is 11.3 Å². The Hall–Kier alpha value is 0.0600. The lowest BCUT2D eigenvalue weighted by Gasteiger charge is -2.31. The van der Waals surface area contributed by atoms with E-state index in [-0.39, 0.29) is 62.0 Å². The van der Waals surface area contributed by atoms with E-state index in [0.29, 0.717) is 0 Å². The summed E-state index contributed by atoms with van der Waals surface area (Å²) in [5, 5.41) is 0. The Balaban J connectivity index is 1.32. The van der Waals surface area contributed by atoms with Crippen LogP contribution in [0, 0.1) is 11.3 Å². The lowest BCUT2D eigenvalue weighted by atomic mass is 9.76. The van der Waals surface area contributed by atoms with Gasteiger partial charge in [-0.3, -0.25) is 31.7 Å². The van der Waals surface area contributed by atoms with Gasteiger partial charge in [0.1, 0.15) is 30.5 Å². The normalized spacial score (nSPS) is 38.2. The molecule has 0 saturated carbocycles. The van der Waals surface area contributed by atoms with E-state index in [0.717, 1.165) is 6.42 Å². The van der Waals surface area contributed by atoms with Crippen LogP contribution in [0.3, 0.4) is 0 Å². The summed E-state index contributed by atoms with van der Waals surface area (Å²) >= 11 is 0. The lowest BCUT2D eigenvalue weighted by Crippen LogP contribution is -2.37. The maximum atomic E-state index is 13.5. The second-order valence-corrected chi connectivity index (χ2v) is 23.9. The van der Waals surface area contributed by atoms with Crippen molar-refractivity contribution < 1.29 is 88.4 Å². The van der Waals surface area contributed by atoms with Gasteiger partial charge in [0.15, 0.2) is 0 Å². The third-order valence-corrected chi connectivity index (χ3v) is 14.9. The Morgan fingerprint density at radius 3 is 1.66 bits per heavy atom. The Kier molecular flexibility index (Phi) is 17.3. The van der Waals surface area contributed by atoms with Crippen LogP contribution in [0.15, 0.2) is 12.7 Å². The van der Waals surface area contributed by atoms with E-state index < -0.39 is 104 Å². The van der Waals surface area contributed by atoms with Gasteiger partial charge in [-0.1, -0.05) is 26.8 Å². The fourth-order valence-electron chi connectivity index (χ4n) is 7.84. The third kappa shape index (κ3) is 15.7. The molecule has 4 fully saturated rings. The van der Waals surface area contributed by atoms with E-state index in [1.54, 1.807) is 41.5 Å². The van der Waals surface area contributed by atoms with E-state index in [9.17, 15) is 37.8 Å². The van der Waals surface area contributed by atoms with Gasteiger partial charge in [-0.15, -0.1) is 6.58 Å². The smallest absolute Gasteiger partial charge is 0.373 e. The molecule has 0 spiro atoms. The van der Waals surface area contributed by atoms with Crippen LogP contribution in [0.5, 0.6) is 0 Å². The summed E-state index contributed by atoms with van der Waals surface area (Å²) in [6, 6.07) is 0. The molecule has 0 aliphatic carbocycles. The molecule has 9 unspecified atom stereocenters. The minimum atomic E-state index is -4.98. The average molecular weight is 915 g/mol. The summed E-state index contributed by atoms with van der Waals surface area (Å²) in [5.74, 6) is 0.0773. The molecule has 4 heterocycles. The van der Waals surface area contributed by atoms with Crippen LogP contribution in [0.4, 0.5) is 0 Å². The summed E-state index contributed by atoms with van der Waals surface area (Å²) in [6.07, 6.45) is -7.43. The van der Waals surface area contributed by atoms with E-state index in [2.05, 4.69) is 27.4 Å². The largest absolute Gasteiger partial charge is 0.473 e. The zero-order valence-electron chi connectivity index (χ0n) is 35.1. The Morgan fingerprint density at radius 1 is 0.655 bits per heavy atom. The van der Waals surface area contributed by atoms with E-state index >= 15 is 0 Å². The van der Waals surface area contributed by atoms with Crippen LogP contribution in [0.1, 0.15) is 101 Å². The van der Waals surface area contributed by atoms with Gasteiger partial charge in [0, 0.05) is 19.3 Å². The van der Waals surface area contributed by atoms with Crippen molar-refractivity contribution in [3.05, 3.63) is 12.7 Å². The Morgan fingerprint density at radius 2 is 1.10 bits per heavy atom. The van der Waals surface area contributed by atoms with Crippen LogP contribution in [0.25, 0.3) is 0 Å². The standard InChI is InChI=1S/C35H66O19P4/c1-12-26(33-30(18-24(5)49-33)53-57(40,41)44-19-31-25(34(6,7)8)15-21(2)47-31)50-58(42,43)52-29-17-23(4)48-32(29)20-45-56(38,39)51-28-16-22(3)46-27(28)13-14-55(36,37)54-35(9,10)11/h12,21-33H,1,13-20H2,2-11H3,(H,36,37)(H,38,39)(H,40,41)(H,42,43)/t21-,22-,23-,24-,25?,26?,27+,28?,29?,30?,31+,32+,33+/m0/s1. The first kappa shape index (κ1) is 50.7. The number of hydrogen-bond donors (Lipinski definition) is 4. The van der Waals surface area contributed by atoms with Gasteiger partial charge in [-0.2, -0.15) is 0 Å². The number of ether oxygens (including phenoxy) is 4. The van der Waals surface area contributed by atoms with E-state index in [1.807, 2.05) is 6.92 Å². The molecule has 0 aromatic rings. The summed E-state index contributed by atoms with van der Waals surface area (Å²) in [4.78, 5) is 42.6. The molecule has 340 valence electrons. The van der Waals surface area contributed by atoms with Crippen LogP contribution in [-0.2, 0) is 68.9 Å². The zero-order valence-corrected chi connectivity index (χ0v) is 38.7. The molecule has 4 aliphatic rings. The van der Waals surface area contributed by atoms with Gasteiger partial charge in [-0.25, -0.2) is 13.7 Å². The second-order valence-electron chi connectivity index (χ2n) is 17.9. The summed E-state index contributed by atoms with van der Waals surface area (Å²) in [6.45, 7) is 21.1. The molecule has 23 heteroatoms. The molecule has 4 N–H and O–H groups in total. The first-order valence-electron chi connectivity index (χ1n) is 19.7. The highest BCUT2D eigenvalue weighted by atomic mass is 31.2. The molecule has 19 nitrogen and oxygen atoms in total. The van der Waals surface area contributed by atoms with Crippen molar-refractivity contribution >= 4 is 31.1 Å². The number of hydrogen-bond acceptors (Lipinski definition) is 15. The van der Waals surface area contributed by atoms with Gasteiger partial charge in [0.05, 0.1) is 67.7 Å². The summed E-state index contributed by atoms with van der Waals surface area (Å²) < 4.78 is 114. The van der Waals surface area contributed by atoms with Crippen molar-refractivity contribution in [3.8, 4) is 0 Å². The van der Waals surface area contributed by atoms with Gasteiger partial charge < -0.3 is 43.0 Å². The first-order chi connectivity index (χ1) is 26.5. The minimum Gasteiger partial charge on any atom is -0.373 e. The molecule has 4 rings (SSSR count). The molecular formula is C35H66O19P4. The van der Waals surface area contributed by atoms with Crippen molar-refractivity contribution in [2.45, 2.75) is 180 Å². The number of phosphoric acid groups is 3. The van der Waals surface area contributed by atoms with Crippen LogP contribution in [-0.4, -0.2) is 118 Å². The molecule has 4 saturated heterocycles. The molecule has 0 radical (unpaired) electrons. The maximum absolute atomic E-state index is 13.5. The highest BCUT2D eigenvalue weighted by Crippen LogP contribution is 2.54. The Bertz CT molecular complexity index is 1570. The van der Waals surface area contributed by atoms with Crippen LogP contribution >= 0.6 is 31.1 Å². The van der Waals surface area contributed by atoms with Crippen molar-refractivity contribution in [1.29, 1.82) is 0 Å². The molecule has 0 bridgehead atoms. The van der Waals surface area contributed by atoms with E-state index in [4.69, 9.17) is 50.6 Å². The van der Waals surface area contributed by atoms with Crippen molar-refractivity contribution in [2.75, 3.05) is 19.4 Å². The van der Waals surface area contributed by atoms with Gasteiger partial charge >= 0.3 is 31.1 Å². The van der Waals surface area contributed by atoms with Crippen molar-refractivity contribution in [3.63, 3.8) is 0 Å². The van der Waals surface area contributed by atoms with E-state index in [1.165, 1.54) is 6.08 Å². The summed E-state index contributed by atoms with van der Waals surface area (Å²) in [7, 11) is -18.5. The molecule has 4 aliphatic heterocycles. The highest BCUT2D eigenvalue weighted by molar-refractivity contribution is 7.52. The minimum absolute atomic E-state index is 0.00751. The van der Waals surface area contributed by atoms with Crippen molar-refractivity contribution in [1.82, 2.24) is 0 Å². The molecule has 17 atom stereocenters. The van der Waals surface area contributed by atoms with Gasteiger partial charge in [-0.05, 0) is 72.6 Å².